The molecule has 2 aromatic heterocycles. The molecule has 0 amide bonds. The molecule has 0 fully saturated rings. The van der Waals surface area contributed by atoms with Crippen LogP contribution < -0.4 is 5.56 Å². The Kier molecular flexibility index (Phi) is 4.49. The summed E-state index contributed by atoms with van der Waals surface area (Å²) in [5, 5.41) is 11.8. The van der Waals surface area contributed by atoms with Crippen LogP contribution in [-0.2, 0) is 37.8 Å². The predicted octanol–water partition coefficient (Wildman–Crippen LogP) is 2.27. The Hall–Kier alpha value is -3.78. The number of rotatable bonds is 3. The summed E-state index contributed by atoms with van der Waals surface area (Å²) >= 11 is 0. The number of aliphatic hydroxyl groups is 1. The first-order valence-electron chi connectivity index (χ1n) is 10.2. The van der Waals surface area contributed by atoms with E-state index in [2.05, 4.69) is 4.74 Å². The molecule has 3 aromatic rings. The van der Waals surface area contributed by atoms with Gasteiger partial charge in [-0.05, 0) is 42.3 Å². The molecule has 0 spiro atoms. The number of hydrogen-bond donors (Lipinski definition) is 1. The molecule has 1 N–H and O–H groups in total. The smallest absolute Gasteiger partial charge is 0.343 e. The van der Waals surface area contributed by atoms with Crippen molar-refractivity contribution >= 4 is 28.9 Å². The van der Waals surface area contributed by atoms with Gasteiger partial charge in [-0.25, -0.2) is 14.6 Å². The maximum atomic E-state index is 13.2. The summed E-state index contributed by atoms with van der Waals surface area (Å²) in [5.41, 5.74) is 2.08. The third-order valence-corrected chi connectivity index (χ3v) is 6.14. The molecule has 0 aliphatic carbocycles. The number of ether oxygens (including phenoxy) is 2. The molecular weight excluding hydrogens is 412 g/mol. The molecule has 8 nitrogen and oxygen atoms in total. The number of nitrogens with zero attached hydrogens (tertiary/aromatic N) is 2. The number of benzene rings is 1. The predicted molar refractivity (Wildman–Crippen MR) is 116 cm³/mol. The molecule has 2 aliphatic heterocycles. The van der Waals surface area contributed by atoms with Crippen LogP contribution in [0.4, 0.5) is 0 Å². The van der Waals surface area contributed by atoms with Crippen molar-refractivity contribution in [3.8, 4) is 11.4 Å². The number of fused-ring (bicyclic) bond motifs is 5. The second-order valence-corrected chi connectivity index (χ2v) is 7.91. The highest BCUT2D eigenvalue weighted by atomic mass is 16.6. The molecule has 2 aliphatic rings. The maximum absolute atomic E-state index is 13.2. The zero-order valence-electron chi connectivity index (χ0n) is 17.5. The number of aromatic nitrogens is 2. The van der Waals surface area contributed by atoms with Crippen molar-refractivity contribution in [3.63, 3.8) is 0 Å². The number of hydrogen-bond acceptors (Lipinski definition) is 7. The fourth-order valence-corrected chi connectivity index (χ4v) is 4.34. The minimum Gasteiger partial charge on any atom is -0.466 e. The van der Waals surface area contributed by atoms with Crippen LogP contribution in [0.3, 0.4) is 0 Å². The van der Waals surface area contributed by atoms with Gasteiger partial charge in [-0.15, -0.1) is 0 Å². The van der Waals surface area contributed by atoms with Gasteiger partial charge in [0.15, 0.2) is 5.60 Å². The molecule has 0 radical (unpaired) electrons. The molecule has 0 saturated carbocycles. The highest BCUT2D eigenvalue weighted by molar-refractivity contribution is 5.90. The average Bonchev–Trinajstić information content (AvgIpc) is 3.16. The number of methoxy groups -OCH3 is 1. The van der Waals surface area contributed by atoms with Crippen LogP contribution in [0.25, 0.3) is 28.4 Å². The van der Waals surface area contributed by atoms with E-state index in [9.17, 15) is 19.5 Å². The second kappa shape index (κ2) is 7.13. The third kappa shape index (κ3) is 2.87. The maximum Gasteiger partial charge on any atom is 0.343 e. The zero-order valence-corrected chi connectivity index (χ0v) is 17.5. The Morgan fingerprint density at radius 3 is 2.88 bits per heavy atom. The van der Waals surface area contributed by atoms with Crippen LogP contribution in [0, 0.1) is 0 Å². The topological polar surface area (TPSA) is 108 Å². The monoisotopic (exact) mass is 432 g/mol. The van der Waals surface area contributed by atoms with Crippen molar-refractivity contribution in [3.05, 3.63) is 69.0 Å². The number of carbonyl (C=O) groups excluding carboxylic acids is 2. The van der Waals surface area contributed by atoms with E-state index in [0.29, 0.717) is 29.1 Å². The van der Waals surface area contributed by atoms with Crippen molar-refractivity contribution < 1.29 is 24.2 Å². The van der Waals surface area contributed by atoms with E-state index in [0.717, 1.165) is 22.0 Å². The summed E-state index contributed by atoms with van der Waals surface area (Å²) in [6, 6.07) is 9.24. The van der Waals surface area contributed by atoms with Crippen molar-refractivity contribution in [2.45, 2.75) is 32.1 Å². The van der Waals surface area contributed by atoms with Gasteiger partial charge in [0.2, 0.25) is 0 Å². The van der Waals surface area contributed by atoms with Gasteiger partial charge in [-0.3, -0.25) is 4.79 Å². The minimum atomic E-state index is -1.84. The highest BCUT2D eigenvalue weighted by Crippen LogP contribution is 2.38. The van der Waals surface area contributed by atoms with Crippen LogP contribution in [-0.4, -0.2) is 33.7 Å². The first kappa shape index (κ1) is 20.1. The van der Waals surface area contributed by atoms with Gasteiger partial charge < -0.3 is 19.1 Å². The molecular formula is C24H20N2O6. The van der Waals surface area contributed by atoms with Crippen molar-refractivity contribution in [1.82, 2.24) is 9.55 Å². The van der Waals surface area contributed by atoms with Gasteiger partial charge >= 0.3 is 11.9 Å². The fourth-order valence-electron chi connectivity index (χ4n) is 4.34. The van der Waals surface area contributed by atoms with Crippen molar-refractivity contribution in [2.75, 3.05) is 7.11 Å². The molecule has 8 heteroatoms. The Labute approximate surface area is 182 Å². The van der Waals surface area contributed by atoms with Gasteiger partial charge in [0.1, 0.15) is 6.61 Å². The summed E-state index contributed by atoms with van der Waals surface area (Å²) in [6.07, 6.45) is 3.11. The zero-order chi connectivity index (χ0) is 22.6. The number of pyridine rings is 2. The summed E-state index contributed by atoms with van der Waals surface area (Å²) in [4.78, 5) is 41.6. The summed E-state index contributed by atoms with van der Waals surface area (Å²) in [6.45, 7) is 1.85. The van der Waals surface area contributed by atoms with Crippen LogP contribution in [0.1, 0.15) is 35.6 Å². The molecule has 0 saturated heterocycles. The lowest BCUT2D eigenvalue weighted by molar-refractivity contribution is -0.172. The van der Waals surface area contributed by atoms with Gasteiger partial charge in [0, 0.05) is 22.6 Å². The Morgan fingerprint density at radius 2 is 2.12 bits per heavy atom. The first-order valence-corrected chi connectivity index (χ1v) is 10.2. The lowest BCUT2D eigenvalue weighted by Crippen LogP contribution is -2.44. The van der Waals surface area contributed by atoms with Crippen molar-refractivity contribution in [2.24, 2.45) is 0 Å². The molecule has 0 bridgehead atoms. The SMILES string of the molecule is CCC1(O)C(=O)OCc2c1cc1n(c2=O)Cc2cc3cc(/C=C/C(=O)OC)ccc3nc2-1. The normalized spacial score (nSPS) is 18.9. The second-order valence-electron chi connectivity index (χ2n) is 7.91. The molecule has 1 aromatic carbocycles. The number of cyclic esters (lactones) is 1. The summed E-state index contributed by atoms with van der Waals surface area (Å²) in [5.74, 6) is -1.18. The lowest BCUT2D eigenvalue weighted by Gasteiger charge is -2.31. The van der Waals surface area contributed by atoms with Gasteiger partial charge in [-0.1, -0.05) is 13.0 Å². The van der Waals surface area contributed by atoms with Crippen LogP contribution in [0.2, 0.25) is 0 Å². The van der Waals surface area contributed by atoms with Crippen molar-refractivity contribution in [1.29, 1.82) is 0 Å². The molecule has 1 unspecified atom stereocenters. The third-order valence-electron chi connectivity index (χ3n) is 6.14. The fraction of sp³-hybridized carbons (Fsp3) is 0.250. The Morgan fingerprint density at radius 1 is 1.31 bits per heavy atom. The Bertz CT molecular complexity index is 1400. The highest BCUT2D eigenvalue weighted by Gasteiger charge is 2.45. The quantitative estimate of drug-likeness (QED) is 0.391. The molecule has 32 heavy (non-hydrogen) atoms. The molecule has 4 heterocycles. The van der Waals surface area contributed by atoms with E-state index >= 15 is 0 Å². The Balaban J connectivity index is 1.64. The summed E-state index contributed by atoms with van der Waals surface area (Å²) in [7, 11) is 1.32. The van der Waals surface area contributed by atoms with E-state index in [-0.39, 0.29) is 18.6 Å². The molecule has 1 atom stereocenters. The number of carbonyl (C=O) groups is 2. The van der Waals surface area contributed by atoms with Crippen LogP contribution in [0.5, 0.6) is 0 Å². The molecule has 5 rings (SSSR count). The van der Waals surface area contributed by atoms with Gasteiger partial charge in [0.25, 0.3) is 5.56 Å². The molecule has 162 valence electrons. The van der Waals surface area contributed by atoms with Gasteiger partial charge in [-0.2, -0.15) is 0 Å². The average molecular weight is 432 g/mol. The number of esters is 2. The largest absolute Gasteiger partial charge is 0.466 e. The van der Waals surface area contributed by atoms with Crippen LogP contribution in [0.15, 0.2) is 41.2 Å². The summed E-state index contributed by atoms with van der Waals surface area (Å²) < 4.78 is 11.3. The van der Waals surface area contributed by atoms with E-state index < -0.39 is 17.5 Å². The van der Waals surface area contributed by atoms with Gasteiger partial charge in [0.05, 0.1) is 36.1 Å². The lowest BCUT2D eigenvalue weighted by atomic mass is 9.86. The van der Waals surface area contributed by atoms with E-state index in [4.69, 9.17) is 9.72 Å². The minimum absolute atomic E-state index is 0.0988. The van der Waals surface area contributed by atoms with Crippen LogP contribution >= 0.6 is 0 Å². The first-order chi connectivity index (χ1) is 15.4. The van der Waals surface area contributed by atoms with E-state index in [1.54, 1.807) is 23.6 Å². The van der Waals surface area contributed by atoms with E-state index in [1.807, 2.05) is 24.3 Å². The van der Waals surface area contributed by atoms with E-state index in [1.165, 1.54) is 13.2 Å². The standard InChI is InChI=1S/C24H20N2O6/c1-3-24(30)17-10-19-21-15(11-26(19)22(28)16(17)12-32-23(24)29)9-14-8-13(4-6-18(14)25-21)5-7-20(27)31-2/h4-10,30H,3,11-12H2,1-2H3/b7-5+.